The zero-order valence-corrected chi connectivity index (χ0v) is 20.6. The Kier molecular flexibility index (Phi) is 5.93. The topological polar surface area (TPSA) is 126 Å². The summed E-state index contributed by atoms with van der Waals surface area (Å²) in [6.45, 7) is 0.548. The van der Waals surface area contributed by atoms with Gasteiger partial charge in [0, 0.05) is 37.2 Å². The fourth-order valence-corrected chi connectivity index (χ4v) is 4.98. The first kappa shape index (κ1) is 23.6. The van der Waals surface area contributed by atoms with E-state index < -0.39 is 11.7 Å². The quantitative estimate of drug-likeness (QED) is 0.267. The standard InChI is InChI=1S/C28H24N6O4/c1-38-23-14-31-27(34-12-8-18(16-35)32-34)25-24(23)21(13-30-25)26(36)28(37)33-11-9-19-17(15-33)5-4-6-20(19)22-7-2-3-10-29-22/h2-8,10,12-14,30,35H,9,11,15-16H2,1H3. The number of ketones is 1. The van der Waals surface area contributed by atoms with Crippen LogP contribution >= 0.6 is 0 Å². The van der Waals surface area contributed by atoms with Crippen LogP contribution in [-0.4, -0.2) is 60.1 Å². The molecule has 0 aliphatic carbocycles. The predicted molar refractivity (Wildman–Crippen MR) is 139 cm³/mol. The molecule has 1 amide bonds. The number of benzene rings is 1. The van der Waals surface area contributed by atoms with Gasteiger partial charge in [0.2, 0.25) is 0 Å². The van der Waals surface area contributed by atoms with Crippen molar-refractivity contribution in [1.29, 1.82) is 0 Å². The summed E-state index contributed by atoms with van der Waals surface area (Å²) >= 11 is 0. The van der Waals surface area contributed by atoms with Gasteiger partial charge >= 0.3 is 0 Å². The van der Waals surface area contributed by atoms with Crippen LogP contribution in [0.4, 0.5) is 0 Å². The molecule has 38 heavy (non-hydrogen) atoms. The first-order valence-corrected chi connectivity index (χ1v) is 12.1. The van der Waals surface area contributed by atoms with E-state index in [2.05, 4.69) is 20.1 Å². The highest BCUT2D eigenvalue weighted by molar-refractivity contribution is 6.45. The van der Waals surface area contributed by atoms with Crippen molar-refractivity contribution in [2.24, 2.45) is 0 Å². The molecule has 0 unspecified atom stereocenters. The summed E-state index contributed by atoms with van der Waals surface area (Å²) in [5.41, 5.74) is 5.26. The van der Waals surface area contributed by atoms with Gasteiger partial charge in [-0.2, -0.15) is 5.10 Å². The molecule has 4 aromatic heterocycles. The number of methoxy groups -OCH3 is 1. The van der Waals surface area contributed by atoms with Gasteiger partial charge in [-0.15, -0.1) is 0 Å². The van der Waals surface area contributed by atoms with Crippen molar-refractivity contribution < 1.29 is 19.4 Å². The van der Waals surface area contributed by atoms with Gasteiger partial charge in [0.05, 0.1) is 47.8 Å². The van der Waals surface area contributed by atoms with Gasteiger partial charge in [-0.3, -0.25) is 14.6 Å². The van der Waals surface area contributed by atoms with Crippen LogP contribution in [0.1, 0.15) is 27.2 Å². The molecule has 0 fully saturated rings. The monoisotopic (exact) mass is 508 g/mol. The Hall–Kier alpha value is -4.83. The molecule has 0 atom stereocenters. The fourth-order valence-electron chi connectivity index (χ4n) is 4.98. The van der Waals surface area contributed by atoms with Gasteiger partial charge in [0.1, 0.15) is 5.75 Å². The molecule has 2 N–H and O–H groups in total. The van der Waals surface area contributed by atoms with E-state index in [-0.39, 0.29) is 12.2 Å². The highest BCUT2D eigenvalue weighted by Crippen LogP contribution is 2.33. The lowest BCUT2D eigenvalue weighted by Crippen LogP contribution is -2.40. The number of amides is 1. The second-order valence-corrected chi connectivity index (χ2v) is 8.98. The Balaban J connectivity index is 1.32. The molecule has 190 valence electrons. The third-order valence-corrected chi connectivity index (χ3v) is 6.83. The smallest absolute Gasteiger partial charge is 0.295 e. The summed E-state index contributed by atoms with van der Waals surface area (Å²) in [4.78, 5) is 40.5. The number of nitrogens with zero attached hydrogens (tertiary/aromatic N) is 5. The van der Waals surface area contributed by atoms with Crippen LogP contribution in [0.15, 0.2) is 67.3 Å². The van der Waals surface area contributed by atoms with E-state index in [1.165, 1.54) is 24.2 Å². The molecule has 0 radical (unpaired) electrons. The minimum absolute atomic E-state index is 0.202. The number of aliphatic hydroxyl groups excluding tert-OH is 1. The summed E-state index contributed by atoms with van der Waals surface area (Å²) in [5, 5.41) is 14.1. The predicted octanol–water partition coefficient (Wildman–Crippen LogP) is 3.08. The summed E-state index contributed by atoms with van der Waals surface area (Å²) in [6.07, 6.45) is 7.05. The lowest BCUT2D eigenvalue weighted by molar-refractivity contribution is -0.127. The number of aromatic nitrogens is 5. The summed E-state index contributed by atoms with van der Waals surface area (Å²) in [5.74, 6) is -0.435. The number of hydrogen-bond donors (Lipinski definition) is 2. The molecule has 0 saturated carbocycles. The van der Waals surface area contributed by atoms with Gasteiger partial charge in [-0.05, 0) is 35.7 Å². The van der Waals surface area contributed by atoms with Crippen molar-refractivity contribution in [3.05, 3.63) is 89.6 Å². The molecular weight excluding hydrogens is 484 g/mol. The van der Waals surface area contributed by atoms with Crippen LogP contribution in [0.25, 0.3) is 28.0 Å². The van der Waals surface area contributed by atoms with Crippen LogP contribution in [0, 0.1) is 0 Å². The number of H-pyrrole nitrogens is 1. The van der Waals surface area contributed by atoms with Crippen LogP contribution in [0.5, 0.6) is 5.75 Å². The number of carbonyl (C=O) groups excluding carboxylic acids is 2. The Morgan fingerprint density at radius 1 is 1.13 bits per heavy atom. The number of carbonyl (C=O) groups is 2. The Labute approximate surface area is 217 Å². The molecule has 5 aromatic rings. The van der Waals surface area contributed by atoms with Crippen LogP contribution in [-0.2, 0) is 24.4 Å². The van der Waals surface area contributed by atoms with Crippen molar-refractivity contribution in [2.45, 2.75) is 19.6 Å². The van der Waals surface area contributed by atoms with Crippen molar-refractivity contribution >= 4 is 22.6 Å². The number of aliphatic hydroxyl groups is 1. The second-order valence-electron chi connectivity index (χ2n) is 8.98. The number of Topliss-reactive ketones (excluding diaryl/α,β-unsaturated/α-hetero) is 1. The lowest BCUT2D eigenvalue weighted by Gasteiger charge is -2.29. The summed E-state index contributed by atoms with van der Waals surface area (Å²) < 4.78 is 6.99. The van der Waals surface area contributed by atoms with E-state index in [1.54, 1.807) is 23.4 Å². The average Bonchev–Trinajstić information content (AvgIpc) is 3.64. The third kappa shape index (κ3) is 3.91. The molecule has 1 aliphatic rings. The SMILES string of the molecule is COc1cnc(-n2ccc(CO)n2)c2[nH]cc(C(=O)C(=O)N3CCc4c(cccc4-c4ccccn4)C3)c12. The molecule has 1 aliphatic heterocycles. The van der Waals surface area contributed by atoms with E-state index in [9.17, 15) is 14.7 Å². The van der Waals surface area contributed by atoms with E-state index >= 15 is 0 Å². The molecule has 10 nitrogen and oxygen atoms in total. The molecule has 1 aromatic carbocycles. The number of ether oxygens (including phenoxy) is 1. The van der Waals surface area contributed by atoms with Gasteiger partial charge in [-0.25, -0.2) is 9.67 Å². The lowest BCUT2D eigenvalue weighted by atomic mass is 9.92. The van der Waals surface area contributed by atoms with Gasteiger partial charge in [0.25, 0.3) is 11.7 Å². The molecule has 10 heteroatoms. The molecule has 5 heterocycles. The fraction of sp³-hybridized carbons (Fsp3) is 0.179. The number of aromatic amines is 1. The number of rotatable bonds is 6. The molecule has 0 saturated heterocycles. The highest BCUT2D eigenvalue weighted by atomic mass is 16.5. The zero-order valence-electron chi connectivity index (χ0n) is 20.6. The second kappa shape index (κ2) is 9.56. The van der Waals surface area contributed by atoms with Crippen molar-refractivity contribution in [1.82, 2.24) is 29.6 Å². The van der Waals surface area contributed by atoms with Gasteiger partial charge in [-0.1, -0.05) is 24.3 Å². The highest BCUT2D eigenvalue weighted by Gasteiger charge is 2.31. The number of pyridine rings is 2. The maximum absolute atomic E-state index is 13.5. The van der Waals surface area contributed by atoms with Crippen molar-refractivity contribution in [3.63, 3.8) is 0 Å². The van der Waals surface area contributed by atoms with E-state index in [4.69, 9.17) is 4.74 Å². The van der Waals surface area contributed by atoms with E-state index in [1.807, 2.05) is 36.4 Å². The minimum Gasteiger partial charge on any atom is -0.494 e. The third-order valence-electron chi connectivity index (χ3n) is 6.83. The first-order chi connectivity index (χ1) is 18.6. The Morgan fingerprint density at radius 2 is 2.03 bits per heavy atom. The molecule has 0 spiro atoms. The average molecular weight is 509 g/mol. The maximum Gasteiger partial charge on any atom is 0.295 e. The minimum atomic E-state index is -0.632. The van der Waals surface area contributed by atoms with Crippen molar-refractivity contribution in [2.75, 3.05) is 13.7 Å². The first-order valence-electron chi connectivity index (χ1n) is 12.1. The van der Waals surface area contributed by atoms with Gasteiger partial charge < -0.3 is 19.7 Å². The van der Waals surface area contributed by atoms with Gasteiger partial charge in [0.15, 0.2) is 5.82 Å². The van der Waals surface area contributed by atoms with Crippen LogP contribution in [0.2, 0.25) is 0 Å². The van der Waals surface area contributed by atoms with Crippen molar-refractivity contribution in [3.8, 4) is 22.8 Å². The summed E-state index contributed by atoms with van der Waals surface area (Å²) in [6, 6.07) is 13.5. The molecule has 0 bridgehead atoms. The zero-order chi connectivity index (χ0) is 26.2. The molecular formula is C28H24N6O4. The largest absolute Gasteiger partial charge is 0.494 e. The number of nitrogens with one attached hydrogen (secondary N) is 1. The number of fused-ring (bicyclic) bond motifs is 2. The van der Waals surface area contributed by atoms with E-state index in [0.717, 1.165) is 22.4 Å². The maximum atomic E-state index is 13.5. The number of hydrogen-bond acceptors (Lipinski definition) is 7. The van der Waals surface area contributed by atoms with Crippen LogP contribution < -0.4 is 4.74 Å². The Morgan fingerprint density at radius 3 is 2.79 bits per heavy atom. The molecule has 6 rings (SSSR count). The normalized spacial score (nSPS) is 12.9. The Bertz CT molecular complexity index is 1670. The summed E-state index contributed by atoms with van der Waals surface area (Å²) in [7, 11) is 1.48. The van der Waals surface area contributed by atoms with Crippen LogP contribution in [0.3, 0.4) is 0 Å². The van der Waals surface area contributed by atoms with E-state index in [0.29, 0.717) is 47.7 Å².